The Morgan fingerprint density at radius 2 is 2.28 bits per heavy atom. The highest BCUT2D eigenvalue weighted by atomic mass is 15.2. The van der Waals surface area contributed by atoms with Gasteiger partial charge in [0.25, 0.3) is 0 Å². The van der Waals surface area contributed by atoms with Gasteiger partial charge in [0.2, 0.25) is 0 Å². The van der Waals surface area contributed by atoms with Gasteiger partial charge in [-0.25, -0.2) is 0 Å². The monoisotopic (exact) mass is 242 g/mol. The number of benzene rings is 1. The molecule has 4 nitrogen and oxygen atoms in total. The molecule has 2 heterocycles. The molecule has 94 valence electrons. The Labute approximate surface area is 107 Å². The number of nitrogens with one attached hydrogen (secondary N) is 1. The van der Waals surface area contributed by atoms with Crippen LogP contribution in [0.15, 0.2) is 30.5 Å². The summed E-state index contributed by atoms with van der Waals surface area (Å²) in [4.78, 5) is 2.41. The fourth-order valence-corrected chi connectivity index (χ4v) is 2.61. The molecule has 1 N–H and O–H groups in total. The van der Waals surface area contributed by atoms with Gasteiger partial charge in [0.1, 0.15) is 0 Å². The number of hydrogen-bond donors (Lipinski definition) is 1. The summed E-state index contributed by atoms with van der Waals surface area (Å²) in [6.45, 7) is 2.15. The van der Waals surface area contributed by atoms with Gasteiger partial charge in [-0.3, -0.25) is 0 Å². The average Bonchev–Trinajstić information content (AvgIpc) is 2.82. The van der Waals surface area contributed by atoms with E-state index in [1.807, 2.05) is 18.3 Å². The Bertz CT molecular complexity index is 535. The first-order chi connectivity index (χ1) is 8.84. The summed E-state index contributed by atoms with van der Waals surface area (Å²) in [5.74, 6) is 0.897. The summed E-state index contributed by atoms with van der Waals surface area (Å²) in [6.07, 6.45) is 4.37. The van der Waals surface area contributed by atoms with Crippen molar-refractivity contribution in [2.45, 2.75) is 18.9 Å². The highest BCUT2D eigenvalue weighted by Crippen LogP contribution is 2.20. The van der Waals surface area contributed by atoms with Crippen molar-refractivity contribution in [1.29, 1.82) is 0 Å². The van der Waals surface area contributed by atoms with Gasteiger partial charge in [0, 0.05) is 23.4 Å². The molecule has 1 aromatic heterocycles. The van der Waals surface area contributed by atoms with Crippen LogP contribution in [0.1, 0.15) is 12.8 Å². The maximum atomic E-state index is 4.21. The minimum atomic E-state index is 0.616. The molecule has 1 saturated heterocycles. The topological polar surface area (TPSA) is 41.0 Å². The minimum absolute atomic E-state index is 0.616. The van der Waals surface area contributed by atoms with Crippen LogP contribution >= 0.6 is 0 Å². The largest absolute Gasteiger partial charge is 0.366 e. The van der Waals surface area contributed by atoms with Crippen molar-refractivity contribution in [3.8, 4) is 0 Å². The summed E-state index contributed by atoms with van der Waals surface area (Å²) < 4.78 is 0. The highest BCUT2D eigenvalue weighted by Gasteiger charge is 2.20. The van der Waals surface area contributed by atoms with Crippen LogP contribution in [0.5, 0.6) is 0 Å². The SMILES string of the molecule is CN1CCCC1CNc1nncc2ccccc12. The van der Waals surface area contributed by atoms with Crippen molar-refractivity contribution < 1.29 is 0 Å². The maximum absolute atomic E-state index is 4.21. The second-order valence-corrected chi connectivity index (χ2v) is 4.94. The van der Waals surface area contributed by atoms with Gasteiger partial charge in [0.15, 0.2) is 5.82 Å². The lowest BCUT2D eigenvalue weighted by Crippen LogP contribution is -2.31. The van der Waals surface area contributed by atoms with Crippen LogP contribution in [0.3, 0.4) is 0 Å². The van der Waals surface area contributed by atoms with E-state index in [0.29, 0.717) is 6.04 Å². The summed E-state index contributed by atoms with van der Waals surface area (Å²) in [5.41, 5.74) is 0. The predicted molar refractivity (Wildman–Crippen MR) is 73.7 cm³/mol. The Hall–Kier alpha value is -1.68. The van der Waals surface area contributed by atoms with E-state index < -0.39 is 0 Å². The number of likely N-dealkylation sites (N-methyl/N-ethyl adjacent to an activating group) is 1. The van der Waals surface area contributed by atoms with Crippen molar-refractivity contribution in [2.24, 2.45) is 0 Å². The normalized spacial score (nSPS) is 20.4. The first kappa shape index (κ1) is 11.4. The predicted octanol–water partition coefficient (Wildman–Crippen LogP) is 2.14. The summed E-state index contributed by atoms with van der Waals surface area (Å²) in [5, 5.41) is 14.0. The van der Waals surface area contributed by atoms with E-state index in [4.69, 9.17) is 0 Å². The number of aromatic nitrogens is 2. The molecule has 0 radical (unpaired) electrons. The average molecular weight is 242 g/mol. The van der Waals surface area contributed by atoms with Crippen molar-refractivity contribution in [1.82, 2.24) is 15.1 Å². The van der Waals surface area contributed by atoms with Crippen molar-refractivity contribution in [2.75, 3.05) is 25.5 Å². The van der Waals surface area contributed by atoms with Gasteiger partial charge in [-0.05, 0) is 26.4 Å². The number of fused-ring (bicyclic) bond motifs is 1. The third-order valence-electron chi connectivity index (χ3n) is 3.75. The van der Waals surface area contributed by atoms with Crippen LogP contribution in [0, 0.1) is 0 Å². The molecule has 1 atom stereocenters. The second kappa shape index (κ2) is 4.90. The highest BCUT2D eigenvalue weighted by molar-refractivity contribution is 5.90. The molecule has 1 aliphatic heterocycles. The molecular weight excluding hydrogens is 224 g/mol. The van der Waals surface area contributed by atoms with Crippen molar-refractivity contribution in [3.05, 3.63) is 30.5 Å². The molecule has 3 rings (SSSR count). The molecule has 0 bridgehead atoms. The lowest BCUT2D eigenvalue weighted by molar-refractivity contribution is 0.322. The van der Waals surface area contributed by atoms with Gasteiger partial charge >= 0.3 is 0 Å². The lowest BCUT2D eigenvalue weighted by Gasteiger charge is -2.20. The maximum Gasteiger partial charge on any atom is 0.156 e. The zero-order valence-corrected chi connectivity index (χ0v) is 10.6. The zero-order valence-electron chi connectivity index (χ0n) is 10.6. The van der Waals surface area contributed by atoms with Crippen molar-refractivity contribution in [3.63, 3.8) is 0 Å². The molecular formula is C14H18N4. The first-order valence-electron chi connectivity index (χ1n) is 6.49. The fourth-order valence-electron chi connectivity index (χ4n) is 2.61. The van der Waals surface area contributed by atoms with Crippen LogP contribution in [0.4, 0.5) is 5.82 Å². The number of hydrogen-bond acceptors (Lipinski definition) is 4. The molecule has 1 fully saturated rings. The van der Waals surface area contributed by atoms with Gasteiger partial charge in [0.05, 0.1) is 6.20 Å². The quantitative estimate of drug-likeness (QED) is 0.895. The van der Waals surface area contributed by atoms with Gasteiger partial charge in [-0.1, -0.05) is 24.3 Å². The standard InChI is InChI=1S/C14H18N4/c1-18-8-4-6-12(18)10-15-14-13-7-3-2-5-11(13)9-16-17-14/h2-3,5,7,9,12H,4,6,8,10H2,1H3,(H,15,17). The summed E-state index contributed by atoms with van der Waals surface area (Å²) in [6, 6.07) is 8.84. The third kappa shape index (κ3) is 2.16. The number of anilines is 1. The van der Waals surface area contributed by atoms with E-state index in [9.17, 15) is 0 Å². The van der Waals surface area contributed by atoms with E-state index in [1.54, 1.807) is 0 Å². The van der Waals surface area contributed by atoms with Gasteiger partial charge in [-0.2, -0.15) is 5.10 Å². The summed E-state index contributed by atoms with van der Waals surface area (Å²) >= 11 is 0. The number of nitrogens with zero attached hydrogens (tertiary/aromatic N) is 3. The molecule has 1 aliphatic rings. The molecule has 0 aliphatic carbocycles. The van der Waals surface area contributed by atoms with E-state index in [2.05, 4.69) is 39.6 Å². The van der Waals surface area contributed by atoms with Crippen molar-refractivity contribution >= 4 is 16.6 Å². The second-order valence-electron chi connectivity index (χ2n) is 4.94. The fraction of sp³-hybridized carbons (Fsp3) is 0.429. The number of likely N-dealkylation sites (tertiary alicyclic amines) is 1. The van der Waals surface area contributed by atoms with Crippen LogP contribution < -0.4 is 5.32 Å². The Morgan fingerprint density at radius 1 is 1.39 bits per heavy atom. The van der Waals surface area contributed by atoms with Crippen LogP contribution in [-0.4, -0.2) is 41.3 Å². The van der Waals surface area contributed by atoms with E-state index in [1.165, 1.54) is 19.4 Å². The molecule has 4 heteroatoms. The Kier molecular flexibility index (Phi) is 3.11. The third-order valence-corrected chi connectivity index (χ3v) is 3.75. The van der Waals surface area contributed by atoms with Gasteiger partial charge < -0.3 is 10.2 Å². The minimum Gasteiger partial charge on any atom is -0.366 e. The molecule has 1 unspecified atom stereocenters. The Morgan fingerprint density at radius 3 is 3.11 bits per heavy atom. The number of rotatable bonds is 3. The van der Waals surface area contributed by atoms with Crippen LogP contribution in [0.2, 0.25) is 0 Å². The Balaban J connectivity index is 1.78. The van der Waals surface area contributed by atoms with Crippen LogP contribution in [-0.2, 0) is 0 Å². The zero-order chi connectivity index (χ0) is 12.4. The van der Waals surface area contributed by atoms with Gasteiger partial charge in [-0.15, -0.1) is 5.10 Å². The van der Waals surface area contributed by atoms with E-state index in [-0.39, 0.29) is 0 Å². The van der Waals surface area contributed by atoms with Crippen LogP contribution in [0.25, 0.3) is 10.8 Å². The smallest absolute Gasteiger partial charge is 0.156 e. The lowest BCUT2D eigenvalue weighted by atomic mass is 10.2. The molecule has 0 amide bonds. The first-order valence-corrected chi connectivity index (χ1v) is 6.49. The molecule has 0 saturated carbocycles. The summed E-state index contributed by atoms with van der Waals surface area (Å²) in [7, 11) is 2.19. The molecule has 0 spiro atoms. The van der Waals surface area contributed by atoms with E-state index in [0.717, 1.165) is 23.1 Å². The van der Waals surface area contributed by atoms with E-state index >= 15 is 0 Å². The molecule has 2 aromatic rings. The molecule has 18 heavy (non-hydrogen) atoms. The molecule has 1 aromatic carbocycles.